The van der Waals surface area contributed by atoms with Gasteiger partial charge in [0, 0.05) is 31.1 Å². The fourth-order valence-corrected chi connectivity index (χ4v) is 3.93. The number of thiophene rings is 1. The van der Waals surface area contributed by atoms with Crippen LogP contribution in [0.25, 0.3) is 0 Å². The van der Waals surface area contributed by atoms with E-state index in [0.717, 1.165) is 50.1 Å². The Labute approximate surface area is 189 Å². The molecule has 7 nitrogen and oxygen atoms in total. The minimum Gasteiger partial charge on any atom is -0.354 e. The zero-order valence-electron chi connectivity index (χ0n) is 17.0. The maximum Gasteiger partial charge on any atom is 0.192 e. The molecule has 2 aromatic heterocycles. The van der Waals surface area contributed by atoms with Crippen molar-refractivity contribution in [3.8, 4) is 0 Å². The molecule has 0 atom stereocenters. The zero-order valence-corrected chi connectivity index (χ0v) is 20.2. The van der Waals surface area contributed by atoms with Crippen LogP contribution in [0, 0.1) is 6.92 Å². The van der Waals surface area contributed by atoms with Gasteiger partial charge >= 0.3 is 0 Å². The molecular formula is C19H32IN7S. The number of aliphatic imine (C=N–C) groups is 1. The number of aryl methyl sites for hydroxylation is 1. The minimum atomic E-state index is 0. The topological polar surface area (TPSA) is 70.4 Å². The van der Waals surface area contributed by atoms with Gasteiger partial charge in [-0.3, -0.25) is 0 Å². The molecule has 2 aromatic rings. The fraction of sp³-hybridized carbons (Fsp3) is 0.632. The second-order valence-electron chi connectivity index (χ2n) is 7.08. The first kappa shape index (κ1) is 23.1. The summed E-state index contributed by atoms with van der Waals surface area (Å²) in [5, 5.41) is 17.6. The molecule has 0 aromatic carbocycles. The molecule has 1 saturated heterocycles. The molecule has 1 fully saturated rings. The molecule has 0 amide bonds. The molecule has 0 unspecified atom stereocenters. The third-order valence-corrected chi connectivity index (χ3v) is 5.92. The quantitative estimate of drug-likeness (QED) is 0.336. The van der Waals surface area contributed by atoms with Crippen LogP contribution in [0.1, 0.15) is 42.7 Å². The summed E-state index contributed by atoms with van der Waals surface area (Å²) in [7, 11) is 1.98. The second-order valence-corrected chi connectivity index (χ2v) is 8.11. The molecule has 0 saturated carbocycles. The van der Waals surface area contributed by atoms with Crippen molar-refractivity contribution in [1.29, 1.82) is 0 Å². The normalized spacial score (nSPS) is 16.0. The van der Waals surface area contributed by atoms with Crippen molar-refractivity contribution in [2.45, 2.75) is 52.2 Å². The summed E-state index contributed by atoms with van der Waals surface area (Å²) in [6, 6.07) is 4.69. The van der Waals surface area contributed by atoms with Gasteiger partial charge < -0.3 is 20.1 Å². The average molecular weight is 517 g/mol. The van der Waals surface area contributed by atoms with Gasteiger partial charge in [-0.25, -0.2) is 4.99 Å². The van der Waals surface area contributed by atoms with Crippen LogP contribution < -0.4 is 10.6 Å². The molecule has 0 spiro atoms. The van der Waals surface area contributed by atoms with E-state index in [-0.39, 0.29) is 24.0 Å². The predicted octanol–water partition coefficient (Wildman–Crippen LogP) is 2.91. The van der Waals surface area contributed by atoms with Crippen LogP contribution in [-0.2, 0) is 20.1 Å². The summed E-state index contributed by atoms with van der Waals surface area (Å²) in [4.78, 5) is 8.63. The summed E-state index contributed by atoms with van der Waals surface area (Å²) in [5.41, 5.74) is 0. The molecular weight excluding hydrogens is 485 g/mol. The van der Waals surface area contributed by atoms with Gasteiger partial charge in [-0.2, -0.15) is 0 Å². The van der Waals surface area contributed by atoms with E-state index in [1.54, 1.807) is 11.3 Å². The summed E-state index contributed by atoms with van der Waals surface area (Å²) in [6.07, 6.45) is 3.54. The van der Waals surface area contributed by atoms with Crippen LogP contribution in [-0.4, -0.2) is 51.3 Å². The molecule has 1 aliphatic rings. The van der Waals surface area contributed by atoms with Gasteiger partial charge in [-0.15, -0.1) is 45.5 Å². The van der Waals surface area contributed by atoms with Crippen LogP contribution in [0.5, 0.6) is 0 Å². The number of nitrogens with zero attached hydrogens (tertiary/aromatic N) is 5. The number of aromatic nitrogens is 3. The Morgan fingerprint density at radius 2 is 2.11 bits per heavy atom. The Bertz CT molecular complexity index is 721. The van der Waals surface area contributed by atoms with Crippen LogP contribution in [0.2, 0.25) is 0 Å². The van der Waals surface area contributed by atoms with Crippen molar-refractivity contribution < 1.29 is 0 Å². The van der Waals surface area contributed by atoms with E-state index in [1.165, 1.54) is 17.8 Å². The number of hydrogen-bond donors (Lipinski definition) is 2. The zero-order chi connectivity index (χ0) is 19.1. The van der Waals surface area contributed by atoms with Crippen molar-refractivity contribution in [2.75, 3.05) is 19.6 Å². The monoisotopic (exact) mass is 517 g/mol. The summed E-state index contributed by atoms with van der Waals surface area (Å²) in [5.74, 6) is 2.64. The lowest BCUT2D eigenvalue weighted by molar-refractivity contribution is 0.206. The molecule has 156 valence electrons. The number of piperidine rings is 1. The fourth-order valence-electron chi connectivity index (χ4n) is 3.29. The number of hydrogen-bond acceptors (Lipinski definition) is 5. The highest BCUT2D eigenvalue weighted by Gasteiger charge is 2.19. The first-order valence-electron chi connectivity index (χ1n) is 9.80. The predicted molar refractivity (Wildman–Crippen MR) is 126 cm³/mol. The number of halogens is 1. The van der Waals surface area contributed by atoms with E-state index >= 15 is 0 Å². The summed E-state index contributed by atoms with van der Waals surface area (Å²) in [6.45, 7) is 9.03. The van der Waals surface area contributed by atoms with Crippen LogP contribution >= 0.6 is 35.3 Å². The van der Waals surface area contributed by atoms with E-state index in [1.807, 2.05) is 18.5 Å². The minimum absolute atomic E-state index is 0. The first-order chi connectivity index (χ1) is 13.2. The van der Waals surface area contributed by atoms with E-state index in [2.05, 4.69) is 50.2 Å². The van der Waals surface area contributed by atoms with Gasteiger partial charge in [0.2, 0.25) is 0 Å². The van der Waals surface area contributed by atoms with E-state index in [4.69, 9.17) is 4.99 Å². The number of nitrogens with one attached hydrogen (secondary N) is 2. The maximum atomic E-state index is 4.78. The largest absolute Gasteiger partial charge is 0.354 e. The van der Waals surface area contributed by atoms with Crippen LogP contribution in [0.3, 0.4) is 0 Å². The van der Waals surface area contributed by atoms with E-state index in [9.17, 15) is 0 Å². The van der Waals surface area contributed by atoms with E-state index < -0.39 is 0 Å². The van der Waals surface area contributed by atoms with Crippen molar-refractivity contribution >= 4 is 41.3 Å². The number of rotatable bonds is 7. The number of guanidine groups is 1. The Morgan fingerprint density at radius 1 is 1.32 bits per heavy atom. The molecule has 3 heterocycles. The standard InChI is InChI=1S/C19H31N7S.HI/c1-4-9-26-10-7-16(8-11-26)22-19(20-13-17-6-5-12-27-17)21-14-18-24-23-15(2)25(18)3;/h5-6,12,16H,4,7-11,13-14H2,1-3H3,(H2,20,21,22);1H. The summed E-state index contributed by atoms with van der Waals surface area (Å²) < 4.78 is 1.99. The molecule has 2 N–H and O–H groups in total. The molecule has 0 aliphatic carbocycles. The molecule has 28 heavy (non-hydrogen) atoms. The smallest absolute Gasteiger partial charge is 0.192 e. The highest BCUT2D eigenvalue weighted by molar-refractivity contribution is 14.0. The first-order valence-corrected chi connectivity index (χ1v) is 10.7. The third kappa shape index (κ3) is 6.70. The number of likely N-dealkylation sites (tertiary alicyclic amines) is 1. The van der Waals surface area contributed by atoms with Gasteiger partial charge in [0.1, 0.15) is 12.4 Å². The highest BCUT2D eigenvalue weighted by Crippen LogP contribution is 2.11. The van der Waals surface area contributed by atoms with Crippen molar-refractivity contribution in [1.82, 2.24) is 30.3 Å². The molecule has 0 bridgehead atoms. The van der Waals surface area contributed by atoms with Crippen LogP contribution in [0.4, 0.5) is 0 Å². The van der Waals surface area contributed by atoms with Gasteiger partial charge in [0.25, 0.3) is 0 Å². The van der Waals surface area contributed by atoms with Gasteiger partial charge in [0.05, 0.1) is 6.54 Å². The lowest BCUT2D eigenvalue weighted by Gasteiger charge is -2.32. The maximum absolute atomic E-state index is 4.78. The average Bonchev–Trinajstić information content (AvgIpc) is 3.30. The Morgan fingerprint density at radius 3 is 2.71 bits per heavy atom. The lowest BCUT2D eigenvalue weighted by atomic mass is 10.1. The third-order valence-electron chi connectivity index (χ3n) is 5.04. The second kappa shape index (κ2) is 11.7. The molecule has 0 radical (unpaired) electrons. The van der Waals surface area contributed by atoms with Crippen molar-refractivity contribution in [3.05, 3.63) is 34.0 Å². The van der Waals surface area contributed by atoms with E-state index in [0.29, 0.717) is 12.6 Å². The molecule has 3 rings (SSSR count). The van der Waals surface area contributed by atoms with Crippen LogP contribution in [0.15, 0.2) is 22.5 Å². The van der Waals surface area contributed by atoms with Crippen molar-refractivity contribution in [2.24, 2.45) is 12.0 Å². The Kier molecular flexibility index (Phi) is 9.66. The molecule has 9 heteroatoms. The Hall–Kier alpha value is -1.20. The van der Waals surface area contributed by atoms with Gasteiger partial charge in [-0.1, -0.05) is 13.0 Å². The lowest BCUT2D eigenvalue weighted by Crippen LogP contribution is -2.48. The SMILES string of the molecule is CCCN1CCC(NC(=NCc2nnc(C)n2C)NCc2cccs2)CC1.I. The summed E-state index contributed by atoms with van der Waals surface area (Å²) >= 11 is 1.76. The highest BCUT2D eigenvalue weighted by atomic mass is 127. The van der Waals surface area contributed by atoms with Crippen molar-refractivity contribution in [3.63, 3.8) is 0 Å². The van der Waals surface area contributed by atoms with Gasteiger partial charge in [-0.05, 0) is 44.2 Å². The Balaban J connectivity index is 0.00000280. The van der Waals surface area contributed by atoms with Gasteiger partial charge in [0.15, 0.2) is 11.8 Å². The molecule has 1 aliphatic heterocycles.